The van der Waals surface area contributed by atoms with E-state index in [1.165, 1.54) is 6.07 Å². The molecule has 24 heavy (non-hydrogen) atoms. The van der Waals surface area contributed by atoms with Crippen molar-refractivity contribution in [1.29, 1.82) is 0 Å². The maximum Gasteiger partial charge on any atom is 0.317 e. The van der Waals surface area contributed by atoms with Crippen LogP contribution in [0.1, 0.15) is 32.3 Å². The molecule has 1 fully saturated rings. The molecule has 2 amide bonds. The third-order valence-corrected chi connectivity index (χ3v) is 5.02. The molecule has 2 atom stereocenters. The van der Waals surface area contributed by atoms with Crippen molar-refractivity contribution in [3.05, 3.63) is 35.6 Å². The van der Waals surface area contributed by atoms with Crippen molar-refractivity contribution in [2.75, 3.05) is 33.2 Å². The lowest BCUT2D eigenvalue weighted by Crippen LogP contribution is -2.53. The van der Waals surface area contributed by atoms with Crippen molar-refractivity contribution in [2.24, 2.45) is 5.92 Å². The molecule has 0 unspecified atom stereocenters. The van der Waals surface area contributed by atoms with Gasteiger partial charge in [0.15, 0.2) is 0 Å². The smallest absolute Gasteiger partial charge is 0.317 e. The maximum atomic E-state index is 13.1. The third-order valence-electron chi connectivity index (χ3n) is 5.02. The molecule has 0 saturated carbocycles. The van der Waals surface area contributed by atoms with E-state index in [9.17, 15) is 9.18 Å². The summed E-state index contributed by atoms with van der Waals surface area (Å²) in [7, 11) is 1.89. The Morgan fingerprint density at radius 2 is 2.25 bits per heavy atom. The predicted octanol–water partition coefficient (Wildman–Crippen LogP) is 3.13. The van der Waals surface area contributed by atoms with Crippen LogP contribution in [0.3, 0.4) is 0 Å². The van der Waals surface area contributed by atoms with Gasteiger partial charge in [0.25, 0.3) is 0 Å². The summed E-state index contributed by atoms with van der Waals surface area (Å²) in [5.41, 5.74) is 0.971. The Morgan fingerprint density at radius 1 is 1.46 bits per heavy atom. The number of urea groups is 1. The normalized spacial score (nSPS) is 21.5. The first-order chi connectivity index (χ1) is 11.5. The molecule has 2 rings (SSSR count). The Balaban J connectivity index is 1.72. The molecule has 0 bridgehead atoms. The average molecular weight is 335 g/mol. The van der Waals surface area contributed by atoms with Crippen LogP contribution >= 0.6 is 0 Å². The zero-order valence-corrected chi connectivity index (χ0v) is 15.1. The van der Waals surface area contributed by atoms with Gasteiger partial charge >= 0.3 is 6.03 Å². The van der Waals surface area contributed by atoms with Crippen LogP contribution in [0.15, 0.2) is 24.3 Å². The van der Waals surface area contributed by atoms with E-state index in [4.69, 9.17) is 0 Å². The van der Waals surface area contributed by atoms with Crippen molar-refractivity contribution < 1.29 is 9.18 Å². The Bertz CT molecular complexity index is 537. The van der Waals surface area contributed by atoms with Gasteiger partial charge in [0, 0.05) is 32.7 Å². The van der Waals surface area contributed by atoms with E-state index in [0.29, 0.717) is 18.5 Å². The molecule has 1 heterocycles. The summed E-state index contributed by atoms with van der Waals surface area (Å²) in [4.78, 5) is 16.6. The summed E-state index contributed by atoms with van der Waals surface area (Å²) in [5, 5.41) is 2.99. The SMILES string of the molecule is CCN1CC[C@H](N(C)C(=O)NCCCc2cccc(F)c2)[C@@H](C)C1. The van der Waals surface area contributed by atoms with Gasteiger partial charge in [0.05, 0.1) is 0 Å². The highest BCUT2D eigenvalue weighted by Crippen LogP contribution is 2.21. The Hall–Kier alpha value is -1.62. The third kappa shape index (κ3) is 5.20. The van der Waals surface area contributed by atoms with Crippen molar-refractivity contribution >= 4 is 6.03 Å². The molecule has 0 aromatic heterocycles. The second-order valence-electron chi connectivity index (χ2n) is 6.80. The minimum Gasteiger partial charge on any atom is -0.338 e. The van der Waals surface area contributed by atoms with Gasteiger partial charge in [0.2, 0.25) is 0 Å². The molecular weight excluding hydrogens is 305 g/mol. The van der Waals surface area contributed by atoms with Gasteiger partial charge in [0.1, 0.15) is 5.82 Å². The van der Waals surface area contributed by atoms with Crippen molar-refractivity contribution in [3.8, 4) is 0 Å². The molecular formula is C19H30FN3O. The van der Waals surface area contributed by atoms with Crippen LogP contribution in [-0.2, 0) is 6.42 Å². The van der Waals surface area contributed by atoms with E-state index in [1.54, 1.807) is 12.1 Å². The van der Waals surface area contributed by atoms with Crippen molar-refractivity contribution in [3.63, 3.8) is 0 Å². The van der Waals surface area contributed by atoms with Gasteiger partial charge in [-0.1, -0.05) is 26.0 Å². The second-order valence-corrected chi connectivity index (χ2v) is 6.80. The fraction of sp³-hybridized carbons (Fsp3) is 0.632. The number of rotatable bonds is 6. The summed E-state index contributed by atoms with van der Waals surface area (Å²) < 4.78 is 13.1. The summed E-state index contributed by atoms with van der Waals surface area (Å²) in [6.45, 7) is 8.21. The molecule has 1 aliphatic heterocycles. The summed E-state index contributed by atoms with van der Waals surface area (Å²) in [6.07, 6.45) is 2.61. The molecule has 1 aromatic rings. The number of hydrogen-bond donors (Lipinski definition) is 1. The topological polar surface area (TPSA) is 35.6 Å². The summed E-state index contributed by atoms with van der Waals surface area (Å²) in [6, 6.07) is 6.94. The van der Waals surface area contributed by atoms with Crippen LogP contribution in [0.2, 0.25) is 0 Å². The van der Waals surface area contributed by atoms with E-state index in [1.807, 2.05) is 18.0 Å². The summed E-state index contributed by atoms with van der Waals surface area (Å²) in [5.74, 6) is 0.283. The molecule has 1 saturated heterocycles. The van der Waals surface area contributed by atoms with E-state index in [2.05, 4.69) is 24.1 Å². The molecule has 5 heteroatoms. The highest BCUT2D eigenvalue weighted by Gasteiger charge is 2.30. The largest absolute Gasteiger partial charge is 0.338 e. The first-order valence-corrected chi connectivity index (χ1v) is 8.98. The first-order valence-electron chi connectivity index (χ1n) is 8.98. The van der Waals surface area contributed by atoms with Crippen LogP contribution < -0.4 is 5.32 Å². The monoisotopic (exact) mass is 335 g/mol. The Kier molecular flexibility index (Phi) is 7.03. The molecule has 4 nitrogen and oxygen atoms in total. The number of hydrogen-bond acceptors (Lipinski definition) is 2. The van der Waals surface area contributed by atoms with E-state index >= 15 is 0 Å². The molecule has 0 aliphatic carbocycles. The van der Waals surface area contributed by atoms with Crippen LogP contribution in [0.25, 0.3) is 0 Å². The van der Waals surface area contributed by atoms with E-state index in [0.717, 1.165) is 44.5 Å². The Morgan fingerprint density at radius 3 is 2.92 bits per heavy atom. The second kappa shape index (κ2) is 9.02. The van der Waals surface area contributed by atoms with Crippen LogP contribution in [-0.4, -0.2) is 55.1 Å². The van der Waals surface area contributed by atoms with Gasteiger partial charge in [-0.25, -0.2) is 9.18 Å². The molecule has 0 spiro atoms. The number of halogens is 1. The van der Waals surface area contributed by atoms with Gasteiger partial charge in [-0.15, -0.1) is 0 Å². The first kappa shape index (κ1) is 18.7. The molecule has 134 valence electrons. The molecule has 1 aliphatic rings. The molecule has 1 aromatic carbocycles. The number of carbonyl (C=O) groups excluding carboxylic acids is 1. The molecule has 0 radical (unpaired) electrons. The quantitative estimate of drug-likeness (QED) is 0.811. The minimum absolute atomic E-state index is 0.00367. The number of aryl methyl sites for hydroxylation is 1. The Labute approximate surface area is 145 Å². The zero-order chi connectivity index (χ0) is 17.5. The maximum absolute atomic E-state index is 13.1. The standard InChI is InChI=1S/C19H30FN3O/c1-4-23-12-10-18(15(2)14-23)22(3)19(24)21-11-6-8-16-7-5-9-17(20)13-16/h5,7,9,13,15,18H,4,6,8,10-12,14H2,1-3H3,(H,21,24)/t15-,18-/m0/s1. The van der Waals surface area contributed by atoms with Gasteiger partial charge in [-0.2, -0.15) is 0 Å². The van der Waals surface area contributed by atoms with Crippen LogP contribution in [0.5, 0.6) is 0 Å². The number of carbonyl (C=O) groups is 1. The number of piperidine rings is 1. The molecule has 1 N–H and O–H groups in total. The van der Waals surface area contributed by atoms with E-state index in [-0.39, 0.29) is 11.8 Å². The lowest BCUT2D eigenvalue weighted by molar-refractivity contribution is 0.0964. The van der Waals surface area contributed by atoms with E-state index < -0.39 is 0 Å². The van der Waals surface area contributed by atoms with Gasteiger partial charge in [-0.05, 0) is 49.4 Å². The lowest BCUT2D eigenvalue weighted by atomic mass is 9.93. The highest BCUT2D eigenvalue weighted by atomic mass is 19.1. The van der Waals surface area contributed by atoms with Crippen LogP contribution in [0, 0.1) is 11.7 Å². The van der Waals surface area contributed by atoms with Crippen molar-refractivity contribution in [1.82, 2.24) is 15.1 Å². The zero-order valence-electron chi connectivity index (χ0n) is 15.1. The average Bonchev–Trinajstić information content (AvgIpc) is 2.58. The lowest BCUT2D eigenvalue weighted by Gasteiger charge is -2.40. The number of benzene rings is 1. The number of nitrogens with zero attached hydrogens (tertiary/aromatic N) is 2. The predicted molar refractivity (Wildman–Crippen MR) is 95.6 cm³/mol. The number of amides is 2. The van der Waals surface area contributed by atoms with Gasteiger partial charge < -0.3 is 15.1 Å². The highest BCUT2D eigenvalue weighted by molar-refractivity contribution is 5.74. The van der Waals surface area contributed by atoms with Gasteiger partial charge in [-0.3, -0.25) is 0 Å². The minimum atomic E-state index is -0.205. The number of nitrogens with one attached hydrogen (secondary N) is 1. The van der Waals surface area contributed by atoms with Crippen molar-refractivity contribution in [2.45, 2.75) is 39.2 Å². The van der Waals surface area contributed by atoms with Crippen LogP contribution in [0.4, 0.5) is 9.18 Å². The fourth-order valence-electron chi connectivity index (χ4n) is 3.54. The fourth-order valence-corrected chi connectivity index (χ4v) is 3.54. The number of likely N-dealkylation sites (tertiary alicyclic amines) is 1. The summed E-state index contributed by atoms with van der Waals surface area (Å²) >= 11 is 0.